The minimum absolute atomic E-state index is 0.0690. The number of hydrogen-bond acceptors (Lipinski definition) is 4. The van der Waals surface area contributed by atoms with Crippen LogP contribution in [0.1, 0.15) is 36.4 Å². The predicted octanol–water partition coefficient (Wildman–Crippen LogP) is 3.15. The van der Waals surface area contributed by atoms with Gasteiger partial charge in [0.25, 0.3) is 5.92 Å². The van der Waals surface area contributed by atoms with Crippen molar-refractivity contribution in [3.8, 4) is 11.8 Å². The molecule has 0 aromatic carbocycles. The average molecular weight is 451 g/mol. The number of rotatable bonds is 3. The second-order valence-corrected chi connectivity index (χ2v) is 9.46. The van der Waals surface area contributed by atoms with Crippen LogP contribution in [0.2, 0.25) is 0 Å². The van der Waals surface area contributed by atoms with Gasteiger partial charge in [0.2, 0.25) is 0 Å². The summed E-state index contributed by atoms with van der Waals surface area (Å²) >= 11 is 0. The van der Waals surface area contributed by atoms with Gasteiger partial charge in [0.1, 0.15) is 12.7 Å². The average Bonchev–Trinajstić information content (AvgIpc) is 3.08. The number of allylic oxidation sites excluding steroid dienone is 1. The third-order valence-electron chi connectivity index (χ3n) is 4.85. The molecule has 0 amide bonds. The van der Waals surface area contributed by atoms with Gasteiger partial charge in [-0.05, 0) is 19.1 Å². The quantitative estimate of drug-likeness (QED) is 0.349. The highest BCUT2D eigenvalue weighted by molar-refractivity contribution is 7.91. The lowest BCUT2D eigenvalue weighted by atomic mass is 9.97. The van der Waals surface area contributed by atoms with Gasteiger partial charge in [-0.2, -0.15) is 5.10 Å². The Bertz CT molecular complexity index is 1420. The Morgan fingerprint density at radius 3 is 2.72 bits per heavy atom. The molecule has 5 nitrogen and oxygen atoms in total. The zero-order valence-electron chi connectivity index (χ0n) is 17.9. The predicted molar refractivity (Wildman–Crippen MR) is 121 cm³/mol. The van der Waals surface area contributed by atoms with E-state index < -0.39 is 15.8 Å². The van der Waals surface area contributed by atoms with E-state index in [4.69, 9.17) is 7.85 Å². The summed E-state index contributed by atoms with van der Waals surface area (Å²) in [7, 11) is 2.37. The standard InChI is InChI=1S/C13H9F2N.C10H11BN2O2S/c1-3-9-5-4-6-12-11(9)7-10(8-16-12)13(2,14)15;1-3-16(14,15)10-7(2)12-13-6-8(11)4-5-9(10)13/h7-8H,1,6H2,2H3;4-6H,3H2,1-2H3. The monoisotopic (exact) mass is 451 g/mol. The number of pyridine rings is 2. The van der Waals surface area contributed by atoms with Gasteiger partial charge in [0.05, 0.1) is 34.7 Å². The topological polar surface area (TPSA) is 64.3 Å². The third-order valence-corrected chi connectivity index (χ3v) is 6.74. The molecule has 0 N–H and O–H groups in total. The SMILES string of the molecule is C=C=C1C#CCc2ncc(C(C)(F)F)cc21.[B]c1ccc2c(S(=O)(=O)CC)c(C)nn2c1. The number of hydrogen-bond donors (Lipinski definition) is 0. The maximum atomic E-state index is 13.1. The molecule has 0 aliphatic heterocycles. The molecule has 9 heteroatoms. The molecule has 0 saturated carbocycles. The van der Waals surface area contributed by atoms with Crippen molar-refractivity contribution in [2.24, 2.45) is 0 Å². The molecule has 2 radical (unpaired) electrons. The number of sulfone groups is 1. The molecule has 0 atom stereocenters. The van der Waals surface area contributed by atoms with Crippen LogP contribution in [0.4, 0.5) is 8.78 Å². The first-order valence-corrected chi connectivity index (χ1v) is 11.4. The van der Waals surface area contributed by atoms with Gasteiger partial charge in [-0.1, -0.05) is 36.9 Å². The molecule has 0 saturated heterocycles. The molecule has 4 rings (SSSR count). The maximum Gasteiger partial charge on any atom is 0.272 e. The smallest absolute Gasteiger partial charge is 0.259 e. The molecule has 3 aromatic heterocycles. The molecule has 32 heavy (non-hydrogen) atoms. The minimum Gasteiger partial charge on any atom is -0.259 e. The van der Waals surface area contributed by atoms with Gasteiger partial charge in [-0.3, -0.25) is 4.98 Å². The van der Waals surface area contributed by atoms with E-state index in [9.17, 15) is 17.2 Å². The minimum atomic E-state index is -3.25. The van der Waals surface area contributed by atoms with Gasteiger partial charge < -0.3 is 0 Å². The maximum absolute atomic E-state index is 13.1. The molecule has 1 aliphatic rings. The van der Waals surface area contributed by atoms with E-state index in [2.05, 4.69) is 34.2 Å². The Labute approximate surface area is 187 Å². The Balaban J connectivity index is 0.000000181. The van der Waals surface area contributed by atoms with Crippen molar-refractivity contribution in [2.45, 2.75) is 38.0 Å². The third kappa shape index (κ3) is 4.67. The van der Waals surface area contributed by atoms with Gasteiger partial charge in [0, 0.05) is 30.4 Å². The fourth-order valence-corrected chi connectivity index (χ4v) is 4.46. The summed E-state index contributed by atoms with van der Waals surface area (Å²) in [5.74, 6) is 2.85. The van der Waals surface area contributed by atoms with Crippen LogP contribution in [0, 0.1) is 18.8 Å². The first kappa shape index (κ1) is 23.5. The summed E-state index contributed by atoms with van der Waals surface area (Å²) < 4.78 is 51.6. The summed E-state index contributed by atoms with van der Waals surface area (Å²) in [6, 6.07) is 4.77. The summed E-state index contributed by atoms with van der Waals surface area (Å²) in [4.78, 5) is 4.31. The highest BCUT2D eigenvalue weighted by atomic mass is 32.2. The zero-order valence-corrected chi connectivity index (χ0v) is 18.7. The van der Waals surface area contributed by atoms with E-state index in [1.165, 1.54) is 16.8 Å². The molecule has 0 unspecified atom stereocenters. The van der Waals surface area contributed by atoms with Crippen LogP contribution < -0.4 is 5.46 Å². The van der Waals surface area contributed by atoms with Crippen LogP contribution in [0.15, 0.2) is 47.8 Å². The number of fused-ring (bicyclic) bond motifs is 2. The van der Waals surface area contributed by atoms with E-state index in [0.717, 1.165) is 6.92 Å². The Hall–Kier alpha value is -3.21. The van der Waals surface area contributed by atoms with Crippen molar-refractivity contribution in [1.82, 2.24) is 14.6 Å². The molecule has 0 bridgehead atoms. The number of halogens is 2. The van der Waals surface area contributed by atoms with Gasteiger partial charge >= 0.3 is 0 Å². The van der Waals surface area contributed by atoms with E-state index in [0.29, 0.717) is 44.8 Å². The van der Waals surface area contributed by atoms with Crippen LogP contribution in [-0.2, 0) is 22.2 Å². The van der Waals surface area contributed by atoms with Gasteiger partial charge in [-0.25, -0.2) is 21.7 Å². The Morgan fingerprint density at radius 1 is 1.38 bits per heavy atom. The number of aromatic nitrogens is 3. The molecule has 162 valence electrons. The van der Waals surface area contributed by atoms with Crippen LogP contribution >= 0.6 is 0 Å². The van der Waals surface area contributed by atoms with E-state index in [-0.39, 0.29) is 11.3 Å². The lowest BCUT2D eigenvalue weighted by Gasteiger charge is -2.14. The Morgan fingerprint density at radius 2 is 2.09 bits per heavy atom. The number of nitrogens with zero attached hydrogens (tertiary/aromatic N) is 3. The first-order chi connectivity index (χ1) is 15.0. The second-order valence-electron chi connectivity index (χ2n) is 7.25. The molecular formula is C23H20BF2N3O2S. The summed E-state index contributed by atoms with van der Waals surface area (Å²) in [5.41, 5.74) is 6.04. The van der Waals surface area contributed by atoms with E-state index in [1.807, 2.05) is 0 Å². The van der Waals surface area contributed by atoms with Crippen LogP contribution in [0.3, 0.4) is 0 Å². The summed E-state index contributed by atoms with van der Waals surface area (Å²) in [6.07, 6.45) is 3.29. The molecular weight excluding hydrogens is 431 g/mol. The van der Waals surface area contributed by atoms with Crippen molar-refractivity contribution in [3.05, 3.63) is 65.4 Å². The van der Waals surface area contributed by atoms with Crippen molar-refractivity contribution in [3.63, 3.8) is 0 Å². The first-order valence-electron chi connectivity index (χ1n) is 9.71. The van der Waals surface area contributed by atoms with Crippen LogP contribution in [0.5, 0.6) is 0 Å². The number of aryl methyl sites for hydroxylation is 1. The highest BCUT2D eigenvalue weighted by Gasteiger charge is 2.26. The lowest BCUT2D eigenvalue weighted by molar-refractivity contribution is 0.0171. The summed E-state index contributed by atoms with van der Waals surface area (Å²) in [6.45, 7) is 7.65. The van der Waals surface area contributed by atoms with Crippen molar-refractivity contribution >= 4 is 34.2 Å². The number of alkyl halides is 2. The normalized spacial score (nSPS) is 12.8. The highest BCUT2D eigenvalue weighted by Crippen LogP contribution is 2.30. The van der Waals surface area contributed by atoms with Crippen LogP contribution in [0.25, 0.3) is 11.1 Å². The largest absolute Gasteiger partial charge is 0.272 e. The summed E-state index contributed by atoms with van der Waals surface area (Å²) in [5, 5.41) is 4.15. The fourth-order valence-electron chi connectivity index (χ4n) is 3.20. The van der Waals surface area contributed by atoms with Crippen molar-refractivity contribution in [1.29, 1.82) is 0 Å². The van der Waals surface area contributed by atoms with Crippen molar-refractivity contribution < 1.29 is 17.2 Å². The van der Waals surface area contributed by atoms with Crippen molar-refractivity contribution in [2.75, 3.05) is 5.75 Å². The van der Waals surface area contributed by atoms with E-state index >= 15 is 0 Å². The molecule has 0 fully saturated rings. The molecule has 3 heterocycles. The molecule has 1 aliphatic carbocycles. The lowest BCUT2D eigenvalue weighted by Crippen LogP contribution is -2.10. The molecule has 0 spiro atoms. The van der Waals surface area contributed by atoms with Gasteiger partial charge in [-0.15, -0.1) is 5.73 Å². The van der Waals surface area contributed by atoms with Gasteiger partial charge in [0.15, 0.2) is 9.84 Å². The Kier molecular flexibility index (Phi) is 6.40. The second kappa shape index (κ2) is 8.74. The van der Waals surface area contributed by atoms with Crippen LogP contribution in [-0.4, -0.2) is 36.6 Å². The zero-order chi connectivity index (χ0) is 23.7. The fraction of sp³-hybridized carbons (Fsp3) is 0.261. The van der Waals surface area contributed by atoms with E-state index in [1.54, 1.807) is 32.2 Å². The molecule has 3 aromatic rings.